The highest BCUT2D eigenvalue weighted by molar-refractivity contribution is 7.99. The maximum atomic E-state index is 9.33. The quantitative estimate of drug-likeness (QED) is 0.638. The monoisotopic (exact) mass is 337 g/mol. The molecule has 0 aromatic heterocycles. The van der Waals surface area contributed by atoms with E-state index in [-0.39, 0.29) is 5.75 Å². The highest BCUT2D eigenvalue weighted by Crippen LogP contribution is 2.34. The molecule has 0 spiro atoms. The van der Waals surface area contributed by atoms with Crippen molar-refractivity contribution in [1.82, 2.24) is 0 Å². The van der Waals surface area contributed by atoms with Crippen LogP contribution in [0.2, 0.25) is 0 Å². The maximum Gasteiger partial charge on any atom is 0.121 e. The summed E-state index contributed by atoms with van der Waals surface area (Å²) in [5, 5.41) is 9.33. The fraction of sp³-hybridized carbons (Fsp3) is 0.100. The number of nitrogen functional groups attached to an aromatic ring is 1. The molecule has 3 aromatic carbocycles. The minimum atomic E-state index is 0.259. The van der Waals surface area contributed by atoms with Crippen LogP contribution in [0.15, 0.2) is 82.6 Å². The molecule has 4 heteroatoms. The van der Waals surface area contributed by atoms with Gasteiger partial charge in [-0.25, -0.2) is 0 Å². The van der Waals surface area contributed by atoms with Crippen LogP contribution in [-0.4, -0.2) is 11.7 Å². The highest BCUT2D eigenvalue weighted by Gasteiger charge is 2.05. The van der Waals surface area contributed by atoms with Crippen LogP contribution in [0.1, 0.15) is 5.56 Å². The van der Waals surface area contributed by atoms with Crippen molar-refractivity contribution in [3.8, 4) is 11.5 Å². The summed E-state index contributed by atoms with van der Waals surface area (Å²) < 4.78 is 5.79. The van der Waals surface area contributed by atoms with Gasteiger partial charge < -0.3 is 15.6 Å². The number of phenolic OH excluding ortho intramolecular Hbond substituents is 1. The summed E-state index contributed by atoms with van der Waals surface area (Å²) in [5.74, 6) is 1.04. The number of anilines is 1. The molecule has 0 unspecified atom stereocenters. The first-order valence-electron chi connectivity index (χ1n) is 7.74. The Morgan fingerprint density at radius 1 is 0.917 bits per heavy atom. The summed E-state index contributed by atoms with van der Waals surface area (Å²) in [4.78, 5) is 1.99. The smallest absolute Gasteiger partial charge is 0.121 e. The van der Waals surface area contributed by atoms with Gasteiger partial charge in [-0.05, 0) is 42.0 Å². The average molecular weight is 337 g/mol. The van der Waals surface area contributed by atoms with E-state index in [0.29, 0.717) is 12.3 Å². The molecule has 0 aliphatic rings. The summed E-state index contributed by atoms with van der Waals surface area (Å²) in [7, 11) is 0. The fourth-order valence-corrected chi connectivity index (χ4v) is 3.12. The van der Waals surface area contributed by atoms with Crippen LogP contribution < -0.4 is 10.5 Å². The lowest BCUT2D eigenvalue weighted by molar-refractivity contribution is 0.322. The number of benzene rings is 3. The van der Waals surface area contributed by atoms with Crippen molar-refractivity contribution >= 4 is 17.4 Å². The molecule has 0 heterocycles. The van der Waals surface area contributed by atoms with Crippen LogP contribution in [0.3, 0.4) is 0 Å². The van der Waals surface area contributed by atoms with E-state index >= 15 is 0 Å². The Balaban J connectivity index is 1.59. The predicted molar refractivity (Wildman–Crippen MR) is 98.7 cm³/mol. The molecule has 0 aliphatic carbocycles. The lowest BCUT2D eigenvalue weighted by atomic mass is 10.2. The normalized spacial score (nSPS) is 10.5. The summed E-state index contributed by atoms with van der Waals surface area (Å²) in [5.41, 5.74) is 8.07. The Hall–Kier alpha value is -2.59. The zero-order chi connectivity index (χ0) is 16.8. The van der Waals surface area contributed by atoms with E-state index in [4.69, 9.17) is 10.5 Å². The number of nitrogens with two attached hydrogens (primary N) is 1. The zero-order valence-electron chi connectivity index (χ0n) is 13.2. The van der Waals surface area contributed by atoms with Gasteiger partial charge in [-0.15, -0.1) is 0 Å². The Bertz CT molecular complexity index is 788. The van der Waals surface area contributed by atoms with Crippen LogP contribution >= 0.6 is 11.8 Å². The Morgan fingerprint density at radius 3 is 2.38 bits per heavy atom. The van der Waals surface area contributed by atoms with Crippen LogP contribution in [0.25, 0.3) is 0 Å². The molecule has 122 valence electrons. The lowest BCUT2D eigenvalue weighted by Crippen LogP contribution is -2.01. The van der Waals surface area contributed by atoms with Crippen LogP contribution in [0.4, 0.5) is 5.69 Å². The van der Waals surface area contributed by atoms with Crippen LogP contribution in [0.5, 0.6) is 11.5 Å². The van der Waals surface area contributed by atoms with Crippen molar-refractivity contribution in [2.24, 2.45) is 0 Å². The molecule has 3 aromatic rings. The molecule has 3 nitrogen and oxygen atoms in total. The molecular weight excluding hydrogens is 318 g/mol. The van der Waals surface area contributed by atoms with E-state index in [1.165, 1.54) is 5.56 Å². The Labute approximate surface area is 146 Å². The van der Waals surface area contributed by atoms with Gasteiger partial charge in [0.25, 0.3) is 0 Å². The first kappa shape index (κ1) is 16.3. The number of hydrogen-bond donors (Lipinski definition) is 2. The standard InChI is InChI=1S/C20H19NO2S/c21-19-14-17(23-13-12-15-4-2-1-3-5-15)8-11-20(19)24-18-9-6-16(22)7-10-18/h1-11,14,22H,12-13,21H2. The summed E-state index contributed by atoms with van der Waals surface area (Å²) in [6.45, 7) is 0.619. The van der Waals surface area contributed by atoms with E-state index in [1.54, 1.807) is 23.9 Å². The third-order valence-electron chi connectivity index (χ3n) is 3.55. The van der Waals surface area contributed by atoms with Crippen molar-refractivity contribution in [2.75, 3.05) is 12.3 Å². The lowest BCUT2D eigenvalue weighted by Gasteiger charge is -2.10. The van der Waals surface area contributed by atoms with Crippen molar-refractivity contribution in [3.63, 3.8) is 0 Å². The van der Waals surface area contributed by atoms with Crippen LogP contribution in [-0.2, 0) is 6.42 Å². The molecule has 3 N–H and O–H groups in total. The Morgan fingerprint density at radius 2 is 1.67 bits per heavy atom. The first-order chi connectivity index (χ1) is 11.7. The molecule has 0 saturated carbocycles. The molecule has 0 bridgehead atoms. The van der Waals surface area contributed by atoms with Crippen molar-refractivity contribution in [1.29, 1.82) is 0 Å². The molecule has 24 heavy (non-hydrogen) atoms. The molecule has 0 fully saturated rings. The second kappa shape index (κ2) is 7.79. The highest BCUT2D eigenvalue weighted by atomic mass is 32.2. The number of aromatic hydroxyl groups is 1. The molecule has 0 amide bonds. The van der Waals surface area contributed by atoms with E-state index in [0.717, 1.165) is 22.0 Å². The predicted octanol–water partition coefficient (Wildman–Crippen LogP) is 4.75. The minimum absolute atomic E-state index is 0.259. The number of hydrogen-bond acceptors (Lipinski definition) is 4. The van der Waals surface area contributed by atoms with Crippen molar-refractivity contribution in [3.05, 3.63) is 78.4 Å². The van der Waals surface area contributed by atoms with Gasteiger partial charge in [-0.3, -0.25) is 0 Å². The van der Waals surface area contributed by atoms with Crippen molar-refractivity contribution < 1.29 is 9.84 Å². The molecule has 0 saturated heterocycles. The van der Waals surface area contributed by atoms with Gasteiger partial charge in [0.2, 0.25) is 0 Å². The SMILES string of the molecule is Nc1cc(OCCc2ccccc2)ccc1Sc1ccc(O)cc1. The van der Waals surface area contributed by atoms with Gasteiger partial charge in [0.15, 0.2) is 0 Å². The summed E-state index contributed by atoms with van der Waals surface area (Å²) >= 11 is 1.56. The molecule has 0 aliphatic heterocycles. The van der Waals surface area contributed by atoms with Gasteiger partial charge in [0, 0.05) is 28.0 Å². The zero-order valence-corrected chi connectivity index (χ0v) is 14.0. The number of rotatable bonds is 6. The third kappa shape index (κ3) is 4.46. The molecular formula is C20H19NO2S. The minimum Gasteiger partial charge on any atom is -0.508 e. The second-order valence-corrected chi connectivity index (χ2v) is 6.50. The maximum absolute atomic E-state index is 9.33. The Kier molecular flexibility index (Phi) is 5.29. The summed E-state index contributed by atoms with van der Waals surface area (Å²) in [6.07, 6.45) is 0.866. The molecule has 0 radical (unpaired) electrons. The van der Waals surface area contributed by atoms with Crippen molar-refractivity contribution in [2.45, 2.75) is 16.2 Å². The third-order valence-corrected chi connectivity index (χ3v) is 4.65. The largest absolute Gasteiger partial charge is 0.508 e. The summed E-state index contributed by atoms with van der Waals surface area (Å²) in [6, 6.07) is 23.1. The van der Waals surface area contributed by atoms with E-state index in [1.807, 2.05) is 48.5 Å². The first-order valence-corrected chi connectivity index (χ1v) is 8.55. The molecule has 3 rings (SSSR count). The van der Waals surface area contributed by atoms with Gasteiger partial charge in [-0.1, -0.05) is 42.1 Å². The van der Waals surface area contributed by atoms with E-state index < -0.39 is 0 Å². The average Bonchev–Trinajstić information content (AvgIpc) is 2.60. The number of ether oxygens (including phenoxy) is 1. The number of phenols is 1. The van der Waals surface area contributed by atoms with E-state index in [9.17, 15) is 5.11 Å². The second-order valence-electron chi connectivity index (χ2n) is 5.38. The van der Waals surface area contributed by atoms with Gasteiger partial charge in [-0.2, -0.15) is 0 Å². The molecule has 0 atom stereocenters. The topological polar surface area (TPSA) is 55.5 Å². The van der Waals surface area contributed by atoms with Gasteiger partial charge >= 0.3 is 0 Å². The van der Waals surface area contributed by atoms with Crippen LogP contribution in [0, 0.1) is 0 Å². The van der Waals surface area contributed by atoms with E-state index in [2.05, 4.69) is 12.1 Å². The van der Waals surface area contributed by atoms with Gasteiger partial charge in [0.1, 0.15) is 11.5 Å². The van der Waals surface area contributed by atoms with Gasteiger partial charge in [0.05, 0.1) is 6.61 Å². The fourth-order valence-electron chi connectivity index (χ4n) is 2.28.